The molecule has 0 aliphatic heterocycles. The van der Waals surface area contributed by atoms with Crippen LogP contribution in [0.5, 0.6) is 0 Å². The van der Waals surface area contributed by atoms with E-state index in [1.165, 1.54) is 4.80 Å². The molecule has 1 aromatic carbocycles. The quantitative estimate of drug-likeness (QED) is 0.861. The number of rotatable bonds is 5. The molecular weight excluding hydrogens is 294 g/mol. The number of hydrogen-bond donors (Lipinski definition) is 2. The summed E-state index contributed by atoms with van der Waals surface area (Å²) in [5.74, 6) is -0.460. The molecule has 122 valence electrons. The molecule has 0 saturated carbocycles. The number of aryl methyl sites for hydroxylation is 3. The van der Waals surface area contributed by atoms with E-state index in [-0.39, 0.29) is 17.9 Å². The van der Waals surface area contributed by atoms with E-state index in [4.69, 9.17) is 0 Å². The van der Waals surface area contributed by atoms with Gasteiger partial charge in [0.2, 0.25) is 0 Å². The lowest BCUT2D eigenvalue weighted by atomic mass is 10.1. The van der Waals surface area contributed by atoms with E-state index in [1.54, 1.807) is 20.0 Å². The number of hydrogen-bond acceptors (Lipinski definition) is 4. The van der Waals surface area contributed by atoms with Crippen LogP contribution in [0.25, 0.3) is 0 Å². The Bertz CT molecular complexity index is 723. The van der Waals surface area contributed by atoms with E-state index in [2.05, 4.69) is 20.8 Å². The monoisotopic (exact) mass is 315 g/mol. The van der Waals surface area contributed by atoms with E-state index < -0.39 is 0 Å². The number of nitrogens with zero attached hydrogens (tertiary/aromatic N) is 3. The van der Waals surface area contributed by atoms with Gasteiger partial charge in [-0.05, 0) is 32.9 Å². The van der Waals surface area contributed by atoms with E-state index in [9.17, 15) is 9.59 Å². The first-order chi connectivity index (χ1) is 10.9. The molecule has 2 N–H and O–H groups in total. The summed E-state index contributed by atoms with van der Waals surface area (Å²) in [6, 6.07) is 7.13. The van der Waals surface area contributed by atoms with Crippen molar-refractivity contribution in [1.29, 1.82) is 0 Å². The molecule has 23 heavy (non-hydrogen) atoms. The highest BCUT2D eigenvalue weighted by molar-refractivity contribution is 5.95. The lowest BCUT2D eigenvalue weighted by Gasteiger charge is -2.14. The van der Waals surface area contributed by atoms with Crippen LogP contribution in [-0.2, 0) is 7.05 Å². The fourth-order valence-electron chi connectivity index (χ4n) is 2.19. The van der Waals surface area contributed by atoms with Gasteiger partial charge in [0.25, 0.3) is 11.8 Å². The van der Waals surface area contributed by atoms with Crippen molar-refractivity contribution in [2.45, 2.75) is 26.8 Å². The van der Waals surface area contributed by atoms with Gasteiger partial charge in [0.1, 0.15) is 0 Å². The van der Waals surface area contributed by atoms with Crippen LogP contribution in [0.2, 0.25) is 0 Å². The van der Waals surface area contributed by atoms with Crippen LogP contribution in [0.15, 0.2) is 24.3 Å². The van der Waals surface area contributed by atoms with Crippen LogP contribution in [0.1, 0.15) is 39.0 Å². The average molecular weight is 315 g/mol. The van der Waals surface area contributed by atoms with Crippen LogP contribution in [0, 0.1) is 13.8 Å². The van der Waals surface area contributed by atoms with Gasteiger partial charge in [-0.3, -0.25) is 9.59 Å². The second kappa shape index (κ2) is 7.04. The molecule has 7 nitrogen and oxygen atoms in total. The van der Waals surface area contributed by atoms with Gasteiger partial charge < -0.3 is 10.6 Å². The summed E-state index contributed by atoms with van der Waals surface area (Å²) in [6.45, 7) is 5.81. The Morgan fingerprint density at radius 3 is 2.57 bits per heavy atom. The van der Waals surface area contributed by atoms with Gasteiger partial charge in [-0.1, -0.05) is 17.7 Å². The van der Waals surface area contributed by atoms with Crippen molar-refractivity contribution in [1.82, 2.24) is 25.6 Å². The highest BCUT2D eigenvalue weighted by Gasteiger charge is 2.17. The molecule has 0 saturated heterocycles. The molecule has 1 heterocycles. The van der Waals surface area contributed by atoms with Crippen molar-refractivity contribution in [2.24, 2.45) is 7.05 Å². The van der Waals surface area contributed by atoms with Gasteiger partial charge in [-0.15, -0.1) is 5.10 Å². The highest BCUT2D eigenvalue weighted by Crippen LogP contribution is 2.04. The molecule has 2 aromatic rings. The predicted molar refractivity (Wildman–Crippen MR) is 86.2 cm³/mol. The molecule has 1 aromatic heterocycles. The summed E-state index contributed by atoms with van der Waals surface area (Å²) in [5, 5.41) is 13.7. The summed E-state index contributed by atoms with van der Waals surface area (Å²) in [4.78, 5) is 25.5. The average Bonchev–Trinajstić information content (AvgIpc) is 2.83. The molecule has 0 fully saturated rings. The largest absolute Gasteiger partial charge is 0.350 e. The highest BCUT2D eigenvalue weighted by atomic mass is 16.2. The molecule has 2 rings (SSSR count). The number of carbonyl (C=O) groups excluding carboxylic acids is 2. The van der Waals surface area contributed by atoms with Gasteiger partial charge in [0.15, 0.2) is 5.69 Å². The lowest BCUT2D eigenvalue weighted by molar-refractivity contribution is 0.0908. The van der Waals surface area contributed by atoms with Crippen LogP contribution >= 0.6 is 0 Å². The minimum atomic E-state index is -0.298. The van der Waals surface area contributed by atoms with Crippen LogP contribution in [0.4, 0.5) is 0 Å². The minimum absolute atomic E-state index is 0.162. The van der Waals surface area contributed by atoms with E-state index in [0.717, 1.165) is 5.56 Å². The SMILES string of the molecule is Cc1cccc(C(=O)NCC(C)NC(=O)c2nn(C)nc2C)c1. The second-order valence-corrected chi connectivity index (χ2v) is 5.58. The Hall–Kier alpha value is -2.70. The molecule has 0 radical (unpaired) electrons. The maximum atomic E-state index is 12.1. The summed E-state index contributed by atoms with van der Waals surface area (Å²) in [7, 11) is 1.66. The topological polar surface area (TPSA) is 88.9 Å². The summed E-state index contributed by atoms with van der Waals surface area (Å²) in [5.41, 5.74) is 2.50. The van der Waals surface area contributed by atoms with Crippen molar-refractivity contribution < 1.29 is 9.59 Å². The van der Waals surface area contributed by atoms with Crippen LogP contribution < -0.4 is 10.6 Å². The second-order valence-electron chi connectivity index (χ2n) is 5.58. The molecule has 0 spiro atoms. The third kappa shape index (κ3) is 4.38. The predicted octanol–water partition coefficient (Wildman–Crippen LogP) is 0.980. The van der Waals surface area contributed by atoms with Gasteiger partial charge in [0, 0.05) is 25.2 Å². The third-order valence-electron chi connectivity index (χ3n) is 3.32. The van der Waals surface area contributed by atoms with Gasteiger partial charge in [0.05, 0.1) is 5.69 Å². The Labute approximate surface area is 135 Å². The Morgan fingerprint density at radius 1 is 1.22 bits per heavy atom. The van der Waals surface area contributed by atoms with Crippen LogP contribution in [-0.4, -0.2) is 39.4 Å². The fraction of sp³-hybridized carbons (Fsp3) is 0.375. The molecule has 0 aliphatic carbocycles. The van der Waals surface area contributed by atoms with Crippen molar-refractivity contribution in [3.8, 4) is 0 Å². The smallest absolute Gasteiger partial charge is 0.274 e. The molecule has 7 heteroatoms. The maximum absolute atomic E-state index is 12.1. The van der Waals surface area contributed by atoms with E-state index in [1.807, 2.05) is 32.0 Å². The first kappa shape index (κ1) is 16.7. The summed E-state index contributed by atoms with van der Waals surface area (Å²) in [6.07, 6.45) is 0. The van der Waals surface area contributed by atoms with Crippen molar-refractivity contribution in [3.05, 3.63) is 46.8 Å². The molecule has 0 bridgehead atoms. The van der Waals surface area contributed by atoms with Crippen molar-refractivity contribution in [3.63, 3.8) is 0 Å². The Kier molecular flexibility index (Phi) is 5.10. The third-order valence-corrected chi connectivity index (χ3v) is 3.32. The Morgan fingerprint density at radius 2 is 1.96 bits per heavy atom. The van der Waals surface area contributed by atoms with Crippen molar-refractivity contribution in [2.75, 3.05) is 6.54 Å². The number of nitrogens with one attached hydrogen (secondary N) is 2. The first-order valence-corrected chi connectivity index (χ1v) is 7.40. The molecule has 1 unspecified atom stereocenters. The van der Waals surface area contributed by atoms with Crippen LogP contribution in [0.3, 0.4) is 0 Å². The molecule has 1 atom stereocenters. The molecule has 0 aliphatic rings. The fourth-order valence-corrected chi connectivity index (χ4v) is 2.19. The number of benzene rings is 1. The van der Waals surface area contributed by atoms with Gasteiger partial charge >= 0.3 is 0 Å². The summed E-state index contributed by atoms with van der Waals surface area (Å²) < 4.78 is 0. The molecular formula is C16H21N5O2. The normalized spacial score (nSPS) is 11.8. The van der Waals surface area contributed by atoms with E-state index in [0.29, 0.717) is 23.5 Å². The van der Waals surface area contributed by atoms with Crippen molar-refractivity contribution >= 4 is 11.8 Å². The first-order valence-electron chi connectivity index (χ1n) is 7.40. The lowest BCUT2D eigenvalue weighted by Crippen LogP contribution is -2.42. The number of carbonyl (C=O) groups is 2. The summed E-state index contributed by atoms with van der Waals surface area (Å²) >= 11 is 0. The van der Waals surface area contributed by atoms with E-state index >= 15 is 0 Å². The minimum Gasteiger partial charge on any atom is -0.350 e. The number of aromatic nitrogens is 3. The van der Waals surface area contributed by atoms with Gasteiger partial charge in [-0.2, -0.15) is 9.90 Å². The zero-order valence-electron chi connectivity index (χ0n) is 13.8. The Balaban J connectivity index is 1.87. The zero-order chi connectivity index (χ0) is 17.0. The standard InChI is InChI=1S/C16H21N5O2/c1-10-6-5-7-13(8-10)15(22)17-9-11(2)18-16(23)14-12(3)19-21(4)20-14/h5-8,11H,9H2,1-4H3,(H,17,22)(H,18,23). The zero-order valence-corrected chi connectivity index (χ0v) is 13.8. The molecule has 2 amide bonds. The van der Waals surface area contributed by atoms with Gasteiger partial charge in [-0.25, -0.2) is 0 Å². The number of amides is 2. The maximum Gasteiger partial charge on any atom is 0.274 e.